The molecule has 0 saturated carbocycles. The fourth-order valence-corrected chi connectivity index (χ4v) is 5.00. The minimum Gasteiger partial charge on any atom is -0.475 e. The lowest BCUT2D eigenvalue weighted by Gasteiger charge is -2.39. The number of halogens is 6. The van der Waals surface area contributed by atoms with E-state index in [1.54, 1.807) is 29.2 Å². The van der Waals surface area contributed by atoms with Crippen molar-refractivity contribution in [2.45, 2.75) is 24.9 Å². The zero-order chi connectivity index (χ0) is 31.8. The quantitative estimate of drug-likeness (QED) is 0.395. The zero-order valence-electron chi connectivity index (χ0n) is 22.5. The van der Waals surface area contributed by atoms with Gasteiger partial charge >= 0.3 is 18.3 Å². The summed E-state index contributed by atoms with van der Waals surface area (Å²) in [6, 6.07) is 14.7. The third-order valence-corrected chi connectivity index (χ3v) is 7.14. The number of carboxylic acid groups (broad SMARTS) is 1. The standard InChI is InChI=1S/C27H22F3N3O4.C2HF3O2/c28-27(29,30)19-3-1-2-17(11-19)18-5-6-21-20(12-18)26(35)33-9-8-32(14-22(33)25(34)31-21)13-16-4-7-23-24(10-16)37-15-36-23;3-2(4,5)1(6)7/h1-7,10-12,22H,8-9,13-15H2,(H,31,34);(H,6,7). The van der Waals surface area contributed by atoms with E-state index in [1.165, 1.54) is 6.07 Å². The first-order chi connectivity index (χ1) is 20.7. The number of carboxylic acids is 1. The van der Waals surface area contributed by atoms with Crippen LogP contribution in [0, 0.1) is 0 Å². The highest BCUT2D eigenvalue weighted by Gasteiger charge is 2.40. The van der Waals surface area contributed by atoms with Crippen molar-refractivity contribution < 1.29 is 55.3 Å². The molecule has 2 amide bonds. The molecule has 0 aliphatic carbocycles. The van der Waals surface area contributed by atoms with Gasteiger partial charge in [-0.05, 0) is 53.1 Å². The smallest absolute Gasteiger partial charge is 0.475 e. The fourth-order valence-electron chi connectivity index (χ4n) is 5.00. The van der Waals surface area contributed by atoms with E-state index < -0.39 is 29.9 Å². The highest BCUT2D eigenvalue weighted by molar-refractivity contribution is 6.10. The van der Waals surface area contributed by atoms with Gasteiger partial charge in [0.1, 0.15) is 6.04 Å². The number of carbonyl (C=O) groups excluding carboxylic acids is 2. The molecule has 1 atom stereocenters. The number of fused-ring (bicyclic) bond motifs is 3. The largest absolute Gasteiger partial charge is 0.490 e. The lowest BCUT2D eigenvalue weighted by Crippen LogP contribution is -2.58. The SMILES string of the molecule is O=C(O)C(F)(F)F.O=C1Nc2ccc(-c3cccc(C(F)(F)F)c3)cc2C(=O)N2CCN(Cc3ccc4c(c3)OCO4)CC12. The summed E-state index contributed by atoms with van der Waals surface area (Å²) in [7, 11) is 0. The number of ether oxygens (including phenoxy) is 2. The Kier molecular flexibility index (Phi) is 8.16. The van der Waals surface area contributed by atoms with Gasteiger partial charge in [-0.1, -0.05) is 24.3 Å². The number of piperazine rings is 1. The molecule has 0 aromatic heterocycles. The summed E-state index contributed by atoms with van der Waals surface area (Å²) in [5.74, 6) is -1.99. The van der Waals surface area contributed by atoms with E-state index in [-0.39, 0.29) is 24.2 Å². The van der Waals surface area contributed by atoms with Crippen molar-refractivity contribution in [3.63, 3.8) is 0 Å². The van der Waals surface area contributed by atoms with Crippen molar-refractivity contribution in [1.82, 2.24) is 9.80 Å². The molecule has 0 bridgehead atoms. The molecule has 2 N–H and O–H groups in total. The number of hydrogen-bond donors (Lipinski definition) is 2. The molecule has 0 radical (unpaired) electrons. The Morgan fingerprint density at radius 2 is 1.61 bits per heavy atom. The third kappa shape index (κ3) is 6.56. The van der Waals surface area contributed by atoms with Crippen molar-refractivity contribution in [1.29, 1.82) is 0 Å². The Bertz CT molecular complexity index is 1610. The summed E-state index contributed by atoms with van der Waals surface area (Å²) in [6.45, 7) is 2.02. The summed E-state index contributed by atoms with van der Waals surface area (Å²) in [5.41, 5.74) is 1.65. The second-order valence-electron chi connectivity index (χ2n) is 10.1. The molecule has 1 fully saturated rings. The van der Waals surface area contributed by atoms with Gasteiger partial charge in [0.05, 0.1) is 16.8 Å². The molecule has 3 heterocycles. The Morgan fingerprint density at radius 3 is 2.32 bits per heavy atom. The molecule has 9 nitrogen and oxygen atoms in total. The Hall–Kier alpha value is -4.79. The van der Waals surface area contributed by atoms with Crippen molar-refractivity contribution in [2.24, 2.45) is 0 Å². The highest BCUT2D eigenvalue weighted by Crippen LogP contribution is 2.35. The Morgan fingerprint density at radius 1 is 0.909 bits per heavy atom. The second-order valence-corrected chi connectivity index (χ2v) is 10.1. The molecule has 1 unspecified atom stereocenters. The van der Waals surface area contributed by atoms with Gasteiger partial charge in [0.15, 0.2) is 11.5 Å². The van der Waals surface area contributed by atoms with Crippen molar-refractivity contribution in [2.75, 3.05) is 31.7 Å². The molecule has 3 aliphatic heterocycles. The topological polar surface area (TPSA) is 108 Å². The van der Waals surface area contributed by atoms with E-state index in [1.807, 2.05) is 18.2 Å². The van der Waals surface area contributed by atoms with Crippen LogP contribution in [0.5, 0.6) is 11.5 Å². The molecule has 232 valence electrons. The van der Waals surface area contributed by atoms with Gasteiger partial charge in [-0.15, -0.1) is 0 Å². The lowest BCUT2D eigenvalue weighted by atomic mass is 9.99. The number of anilines is 1. The summed E-state index contributed by atoms with van der Waals surface area (Å²) in [4.78, 5) is 39.2. The second kappa shape index (κ2) is 11.7. The molecule has 6 rings (SSSR count). The molecule has 1 saturated heterocycles. The maximum Gasteiger partial charge on any atom is 0.490 e. The van der Waals surface area contributed by atoms with Gasteiger partial charge in [-0.25, -0.2) is 4.79 Å². The van der Waals surface area contributed by atoms with Crippen LogP contribution in [0.25, 0.3) is 11.1 Å². The number of aliphatic carboxylic acids is 1. The first-order valence-electron chi connectivity index (χ1n) is 13.1. The molecule has 3 aromatic carbocycles. The molecule has 15 heteroatoms. The van der Waals surface area contributed by atoms with Crippen LogP contribution in [0.15, 0.2) is 60.7 Å². The normalized spacial score (nSPS) is 18.0. The number of rotatable bonds is 3. The maximum absolute atomic E-state index is 13.5. The lowest BCUT2D eigenvalue weighted by molar-refractivity contribution is -0.192. The van der Waals surface area contributed by atoms with Crippen LogP contribution < -0.4 is 14.8 Å². The van der Waals surface area contributed by atoms with Crippen LogP contribution in [0.2, 0.25) is 0 Å². The Labute approximate surface area is 245 Å². The van der Waals surface area contributed by atoms with Gasteiger partial charge < -0.3 is 24.8 Å². The summed E-state index contributed by atoms with van der Waals surface area (Å²) < 4.78 is 82.2. The predicted molar refractivity (Wildman–Crippen MR) is 142 cm³/mol. The zero-order valence-corrected chi connectivity index (χ0v) is 22.5. The van der Waals surface area contributed by atoms with Crippen LogP contribution in [-0.4, -0.2) is 71.3 Å². The fraction of sp³-hybridized carbons (Fsp3) is 0.276. The summed E-state index contributed by atoms with van der Waals surface area (Å²) in [5, 5.41) is 9.97. The molecule has 0 spiro atoms. The molecule has 3 aromatic rings. The predicted octanol–water partition coefficient (Wildman–Crippen LogP) is 5.01. The summed E-state index contributed by atoms with van der Waals surface area (Å²) >= 11 is 0. The first kappa shape index (κ1) is 30.7. The third-order valence-electron chi connectivity index (χ3n) is 7.14. The van der Waals surface area contributed by atoms with Gasteiger partial charge in [0.2, 0.25) is 12.7 Å². The average Bonchev–Trinajstić information content (AvgIpc) is 3.41. The van der Waals surface area contributed by atoms with E-state index in [9.17, 15) is 35.9 Å². The number of alkyl halides is 6. The van der Waals surface area contributed by atoms with Crippen LogP contribution in [0.3, 0.4) is 0 Å². The Balaban J connectivity index is 0.000000493. The average molecular weight is 624 g/mol. The van der Waals surface area contributed by atoms with Gasteiger partial charge in [0, 0.05) is 26.2 Å². The van der Waals surface area contributed by atoms with Crippen LogP contribution in [0.4, 0.5) is 32.0 Å². The van der Waals surface area contributed by atoms with Crippen LogP contribution in [0.1, 0.15) is 21.5 Å². The molecular formula is C29H23F6N3O6. The van der Waals surface area contributed by atoms with Crippen molar-refractivity contribution >= 4 is 23.5 Å². The van der Waals surface area contributed by atoms with E-state index in [0.29, 0.717) is 54.5 Å². The monoisotopic (exact) mass is 623 g/mol. The minimum absolute atomic E-state index is 0.192. The van der Waals surface area contributed by atoms with E-state index in [4.69, 9.17) is 19.4 Å². The minimum atomic E-state index is -5.08. The van der Waals surface area contributed by atoms with E-state index in [0.717, 1.165) is 17.7 Å². The number of amides is 2. The van der Waals surface area contributed by atoms with Gasteiger partial charge in [-0.2, -0.15) is 26.3 Å². The van der Waals surface area contributed by atoms with Crippen molar-refractivity contribution in [3.8, 4) is 22.6 Å². The number of nitrogens with zero attached hydrogens (tertiary/aromatic N) is 2. The van der Waals surface area contributed by atoms with Crippen molar-refractivity contribution in [3.05, 3.63) is 77.4 Å². The number of nitrogens with one attached hydrogen (secondary N) is 1. The number of benzene rings is 3. The van der Waals surface area contributed by atoms with Crippen LogP contribution in [-0.2, 0) is 22.3 Å². The first-order valence-corrected chi connectivity index (χ1v) is 13.1. The van der Waals surface area contributed by atoms with Gasteiger partial charge in [-0.3, -0.25) is 14.5 Å². The number of carbonyl (C=O) groups is 3. The van der Waals surface area contributed by atoms with Gasteiger partial charge in [0.25, 0.3) is 5.91 Å². The molecule has 3 aliphatic rings. The maximum atomic E-state index is 13.5. The highest BCUT2D eigenvalue weighted by atomic mass is 19.4. The van der Waals surface area contributed by atoms with E-state index in [2.05, 4.69) is 10.2 Å². The summed E-state index contributed by atoms with van der Waals surface area (Å²) in [6.07, 6.45) is -9.56. The van der Waals surface area contributed by atoms with Crippen LogP contribution >= 0.6 is 0 Å². The molecular weight excluding hydrogens is 600 g/mol. The van der Waals surface area contributed by atoms with E-state index >= 15 is 0 Å². The number of hydrogen-bond acceptors (Lipinski definition) is 6. The molecule has 44 heavy (non-hydrogen) atoms.